The number of ether oxygens (including phenoxy) is 1. The molecule has 1 heterocycles. The fourth-order valence-corrected chi connectivity index (χ4v) is 6.30. The van der Waals surface area contributed by atoms with E-state index >= 15 is 0 Å². The van der Waals surface area contributed by atoms with Gasteiger partial charge in [0.05, 0.1) is 11.5 Å². The second kappa shape index (κ2) is 9.00. The van der Waals surface area contributed by atoms with Gasteiger partial charge in [-0.05, 0) is 49.2 Å². The molecular formula is C20H22N2O9S2. The number of phenols is 1. The van der Waals surface area contributed by atoms with Gasteiger partial charge in [-0.2, -0.15) is 4.31 Å². The first kappa shape index (κ1) is 24.5. The summed E-state index contributed by atoms with van der Waals surface area (Å²) in [7, 11) is -7.47. The number of benzene rings is 2. The Morgan fingerprint density at radius 3 is 2.18 bits per heavy atom. The molecule has 0 aliphatic carbocycles. The van der Waals surface area contributed by atoms with E-state index in [0.29, 0.717) is 16.9 Å². The fraction of sp³-hybridized carbons (Fsp3) is 0.300. The molecule has 1 amide bonds. The minimum Gasteiger partial charge on any atom is -0.507 e. The third-order valence-electron chi connectivity index (χ3n) is 4.98. The Hall–Kier alpha value is -3.16. The average Bonchev–Trinajstić information content (AvgIpc) is 2.71. The van der Waals surface area contributed by atoms with Gasteiger partial charge in [0.25, 0.3) is 0 Å². The molecule has 2 aromatic rings. The maximum Gasteiger partial charge on any atom is 0.394 e. The van der Waals surface area contributed by atoms with E-state index < -0.39 is 42.4 Å². The highest BCUT2D eigenvalue weighted by atomic mass is 32.2. The molecule has 1 aliphatic rings. The van der Waals surface area contributed by atoms with Crippen LogP contribution in [0.4, 0.5) is 5.69 Å². The SMILES string of the molecule is Cc1cc(NC(=O)C(=O)O)cc(C)c1Oc1ccc(O)c(S(=O)(=O)N2CCS(=O)(=O)CC2)c1. The van der Waals surface area contributed by atoms with E-state index in [1.165, 1.54) is 18.2 Å². The van der Waals surface area contributed by atoms with Crippen molar-refractivity contribution in [2.45, 2.75) is 18.7 Å². The number of phenolic OH excluding ortho intramolecular Hbond substituents is 1. The molecule has 0 atom stereocenters. The van der Waals surface area contributed by atoms with Crippen LogP contribution < -0.4 is 10.1 Å². The number of carboxylic acids is 1. The summed E-state index contributed by atoms with van der Waals surface area (Å²) in [5, 5.41) is 21.1. The number of carbonyl (C=O) groups is 2. The van der Waals surface area contributed by atoms with Crippen LogP contribution in [0.15, 0.2) is 35.2 Å². The average molecular weight is 499 g/mol. The zero-order valence-electron chi connectivity index (χ0n) is 17.7. The van der Waals surface area contributed by atoms with E-state index in [-0.39, 0.29) is 36.0 Å². The summed E-state index contributed by atoms with van der Waals surface area (Å²) in [6, 6.07) is 6.67. The quantitative estimate of drug-likeness (QED) is 0.514. The first-order valence-electron chi connectivity index (χ1n) is 9.67. The third kappa shape index (κ3) is 5.43. The predicted molar refractivity (Wildman–Crippen MR) is 118 cm³/mol. The summed E-state index contributed by atoms with van der Waals surface area (Å²) >= 11 is 0. The molecule has 0 bridgehead atoms. The van der Waals surface area contributed by atoms with Crippen LogP contribution in [0.3, 0.4) is 0 Å². The molecule has 13 heteroatoms. The lowest BCUT2D eigenvalue weighted by Crippen LogP contribution is -2.43. The lowest BCUT2D eigenvalue weighted by molar-refractivity contribution is -0.147. The van der Waals surface area contributed by atoms with Gasteiger partial charge in [0.1, 0.15) is 22.1 Å². The minimum atomic E-state index is -4.17. The monoisotopic (exact) mass is 498 g/mol. The number of rotatable bonds is 5. The van der Waals surface area contributed by atoms with Crippen molar-refractivity contribution in [3.63, 3.8) is 0 Å². The molecule has 1 fully saturated rings. The molecule has 0 spiro atoms. The maximum atomic E-state index is 13.0. The number of hydrogen-bond donors (Lipinski definition) is 3. The zero-order chi connectivity index (χ0) is 24.6. The molecule has 178 valence electrons. The standard InChI is InChI=1S/C20H22N2O9S2/c1-12-9-14(21-19(24)20(25)26)10-13(2)18(12)31-15-3-4-16(23)17(11-15)33(29,30)22-5-7-32(27,28)8-6-22/h3-4,9-11,23H,5-8H2,1-2H3,(H,21,24)(H,25,26). The second-order valence-corrected chi connectivity index (χ2v) is 11.7. The lowest BCUT2D eigenvalue weighted by Gasteiger charge is -2.26. The molecule has 0 radical (unpaired) electrons. The number of amides is 1. The summed E-state index contributed by atoms with van der Waals surface area (Å²) < 4.78 is 56.1. The lowest BCUT2D eigenvalue weighted by atomic mass is 10.1. The number of hydrogen-bond acceptors (Lipinski definition) is 8. The van der Waals surface area contributed by atoms with Crippen LogP contribution in [-0.4, -0.2) is 67.8 Å². The number of nitrogens with zero attached hydrogens (tertiary/aromatic N) is 1. The molecule has 1 aliphatic heterocycles. The van der Waals surface area contributed by atoms with Gasteiger partial charge in [-0.3, -0.25) is 4.79 Å². The molecule has 3 rings (SSSR count). The summed E-state index contributed by atoms with van der Waals surface area (Å²) in [5.41, 5.74) is 1.32. The molecule has 3 N–H and O–H groups in total. The summed E-state index contributed by atoms with van der Waals surface area (Å²) in [5.74, 6) is -3.48. The van der Waals surface area contributed by atoms with E-state index in [4.69, 9.17) is 9.84 Å². The first-order valence-corrected chi connectivity index (χ1v) is 12.9. The van der Waals surface area contributed by atoms with Gasteiger partial charge in [0.2, 0.25) is 10.0 Å². The van der Waals surface area contributed by atoms with Crippen LogP contribution in [-0.2, 0) is 29.4 Å². The van der Waals surface area contributed by atoms with Crippen molar-refractivity contribution >= 4 is 37.4 Å². The highest BCUT2D eigenvalue weighted by Gasteiger charge is 2.33. The van der Waals surface area contributed by atoms with E-state index in [1.54, 1.807) is 13.8 Å². The normalized spacial score (nSPS) is 16.2. The van der Waals surface area contributed by atoms with Crippen LogP contribution in [0, 0.1) is 13.8 Å². The molecule has 0 saturated carbocycles. The first-order chi connectivity index (χ1) is 15.3. The van der Waals surface area contributed by atoms with Crippen LogP contribution >= 0.6 is 0 Å². The Morgan fingerprint density at radius 2 is 1.64 bits per heavy atom. The maximum absolute atomic E-state index is 13.0. The fourth-order valence-electron chi connectivity index (χ4n) is 3.33. The van der Waals surface area contributed by atoms with E-state index in [2.05, 4.69) is 5.32 Å². The van der Waals surface area contributed by atoms with Gasteiger partial charge < -0.3 is 20.3 Å². The third-order valence-corrected chi connectivity index (χ3v) is 8.52. The number of carbonyl (C=O) groups excluding carboxylic acids is 1. The molecule has 2 aromatic carbocycles. The Kier molecular flexibility index (Phi) is 6.68. The Morgan fingerprint density at radius 1 is 1.06 bits per heavy atom. The number of sulfone groups is 1. The van der Waals surface area contributed by atoms with Crippen molar-refractivity contribution < 1.29 is 41.4 Å². The molecule has 0 aromatic heterocycles. The van der Waals surface area contributed by atoms with Crippen LogP contribution in [0.1, 0.15) is 11.1 Å². The zero-order valence-corrected chi connectivity index (χ0v) is 19.4. The number of aryl methyl sites for hydroxylation is 2. The number of nitrogens with one attached hydrogen (secondary N) is 1. The van der Waals surface area contributed by atoms with Crippen molar-refractivity contribution in [2.75, 3.05) is 29.9 Å². The Bertz CT molecular complexity index is 1300. The number of aliphatic carboxylic acids is 1. The van der Waals surface area contributed by atoms with Gasteiger partial charge in [-0.1, -0.05) is 0 Å². The highest BCUT2D eigenvalue weighted by molar-refractivity contribution is 7.92. The topological polar surface area (TPSA) is 167 Å². The van der Waals surface area contributed by atoms with Crippen molar-refractivity contribution in [3.05, 3.63) is 41.5 Å². The van der Waals surface area contributed by atoms with Gasteiger partial charge in [-0.25, -0.2) is 21.6 Å². The molecule has 0 unspecified atom stereocenters. The van der Waals surface area contributed by atoms with E-state index in [9.17, 15) is 31.5 Å². The van der Waals surface area contributed by atoms with Crippen LogP contribution in [0.25, 0.3) is 0 Å². The summed E-state index contributed by atoms with van der Waals surface area (Å²) in [6.07, 6.45) is 0. The van der Waals surface area contributed by atoms with Gasteiger partial charge in [-0.15, -0.1) is 0 Å². The molecule has 1 saturated heterocycles. The van der Waals surface area contributed by atoms with E-state index in [0.717, 1.165) is 16.4 Å². The van der Waals surface area contributed by atoms with E-state index in [1.807, 2.05) is 0 Å². The molecule has 11 nitrogen and oxygen atoms in total. The minimum absolute atomic E-state index is 0.101. The van der Waals surface area contributed by atoms with Gasteiger partial charge in [0.15, 0.2) is 9.84 Å². The van der Waals surface area contributed by atoms with Crippen LogP contribution in [0.2, 0.25) is 0 Å². The molecule has 33 heavy (non-hydrogen) atoms. The number of carboxylic acid groups (broad SMARTS) is 1. The number of aromatic hydroxyl groups is 1. The van der Waals surface area contributed by atoms with Crippen molar-refractivity contribution in [1.82, 2.24) is 4.31 Å². The molecular weight excluding hydrogens is 476 g/mol. The van der Waals surface area contributed by atoms with Crippen molar-refractivity contribution in [3.8, 4) is 17.2 Å². The summed E-state index contributed by atoms with van der Waals surface area (Å²) in [6.45, 7) is 2.89. The number of sulfonamides is 1. The van der Waals surface area contributed by atoms with Crippen molar-refractivity contribution in [2.24, 2.45) is 0 Å². The van der Waals surface area contributed by atoms with Gasteiger partial charge >= 0.3 is 11.9 Å². The number of anilines is 1. The smallest absolute Gasteiger partial charge is 0.394 e. The largest absolute Gasteiger partial charge is 0.507 e. The highest BCUT2D eigenvalue weighted by Crippen LogP contribution is 2.35. The van der Waals surface area contributed by atoms with Crippen molar-refractivity contribution in [1.29, 1.82) is 0 Å². The Balaban J connectivity index is 1.88. The Labute approximate surface area is 190 Å². The predicted octanol–water partition coefficient (Wildman–Crippen LogP) is 1.24. The second-order valence-electron chi connectivity index (χ2n) is 7.49. The summed E-state index contributed by atoms with van der Waals surface area (Å²) in [4.78, 5) is 21.7. The van der Waals surface area contributed by atoms with Crippen LogP contribution in [0.5, 0.6) is 17.2 Å². The van der Waals surface area contributed by atoms with Gasteiger partial charge in [0, 0.05) is 24.8 Å².